The molecule has 4 unspecified atom stereocenters. The molecule has 1 amide bonds. The van der Waals surface area contributed by atoms with Gasteiger partial charge in [0.2, 0.25) is 15.9 Å². The van der Waals surface area contributed by atoms with E-state index in [1.165, 1.54) is 17.0 Å². The van der Waals surface area contributed by atoms with Gasteiger partial charge in [0.25, 0.3) is 0 Å². The second-order valence-electron chi connectivity index (χ2n) is 7.68. The lowest BCUT2D eigenvalue weighted by Crippen LogP contribution is -2.55. The molecule has 0 bridgehead atoms. The summed E-state index contributed by atoms with van der Waals surface area (Å²) in [5.41, 5.74) is 2.05. The molecule has 5 nitrogen and oxygen atoms in total. The van der Waals surface area contributed by atoms with Crippen molar-refractivity contribution in [2.75, 3.05) is 6.26 Å². The van der Waals surface area contributed by atoms with Gasteiger partial charge in [0.1, 0.15) is 6.04 Å². The Morgan fingerprint density at radius 2 is 1.84 bits per heavy atom. The quantitative estimate of drug-likeness (QED) is 0.895. The smallest absolute Gasteiger partial charge is 0.239 e. The van der Waals surface area contributed by atoms with Crippen molar-refractivity contribution in [1.29, 1.82) is 0 Å². The Morgan fingerprint density at radius 1 is 1.16 bits per heavy atom. The van der Waals surface area contributed by atoms with Gasteiger partial charge in [-0.1, -0.05) is 51.0 Å². The average molecular weight is 365 g/mol. The molecule has 2 aliphatic rings. The zero-order valence-electron chi connectivity index (χ0n) is 15.2. The molecular weight excluding hydrogens is 336 g/mol. The first kappa shape index (κ1) is 18.4. The third kappa shape index (κ3) is 3.90. The SMILES string of the molecule is CC1CCCC(NC(=O)C2Cc3ccccc3CN2S(C)(=O)=O)C1C. The third-order valence-electron chi connectivity index (χ3n) is 5.97. The first-order chi connectivity index (χ1) is 11.8. The van der Waals surface area contributed by atoms with E-state index in [4.69, 9.17) is 0 Å². The summed E-state index contributed by atoms with van der Waals surface area (Å²) >= 11 is 0. The molecule has 138 valence electrons. The standard InChI is InChI=1S/C19H28N2O3S/c1-13-7-6-10-17(14(13)2)20-19(22)18-11-15-8-4-5-9-16(15)12-21(18)25(3,23)24/h4-5,8-9,13-14,17-18H,6-7,10-12H2,1-3H3,(H,20,22). The van der Waals surface area contributed by atoms with Gasteiger partial charge in [-0.3, -0.25) is 4.79 Å². The summed E-state index contributed by atoms with van der Waals surface area (Å²) in [6.45, 7) is 4.67. The van der Waals surface area contributed by atoms with Crippen LogP contribution in [0.15, 0.2) is 24.3 Å². The first-order valence-corrected chi connectivity index (χ1v) is 11.0. The minimum absolute atomic E-state index is 0.134. The number of nitrogens with zero attached hydrogens (tertiary/aromatic N) is 1. The molecule has 6 heteroatoms. The Morgan fingerprint density at radius 3 is 2.52 bits per heavy atom. The van der Waals surface area contributed by atoms with Gasteiger partial charge in [-0.05, 0) is 35.8 Å². The number of sulfonamides is 1. The van der Waals surface area contributed by atoms with Crippen LogP contribution in [-0.2, 0) is 27.8 Å². The average Bonchev–Trinajstić information content (AvgIpc) is 2.57. The molecular formula is C19H28N2O3S. The number of amides is 1. The van der Waals surface area contributed by atoms with Crippen LogP contribution in [0.4, 0.5) is 0 Å². The highest BCUT2D eigenvalue weighted by Gasteiger charge is 2.38. The van der Waals surface area contributed by atoms with Gasteiger partial charge in [-0.25, -0.2) is 8.42 Å². The summed E-state index contributed by atoms with van der Waals surface area (Å²) in [6, 6.07) is 7.25. The maximum atomic E-state index is 13.0. The molecule has 1 N–H and O–H groups in total. The van der Waals surface area contributed by atoms with Crippen LogP contribution in [0.5, 0.6) is 0 Å². The second-order valence-corrected chi connectivity index (χ2v) is 9.61. The van der Waals surface area contributed by atoms with Crippen molar-refractivity contribution < 1.29 is 13.2 Å². The van der Waals surface area contributed by atoms with Gasteiger partial charge in [0.05, 0.1) is 6.26 Å². The molecule has 1 aliphatic carbocycles. The van der Waals surface area contributed by atoms with Gasteiger partial charge in [-0.15, -0.1) is 0 Å². The number of benzene rings is 1. The molecule has 1 fully saturated rings. The van der Waals surface area contributed by atoms with E-state index < -0.39 is 16.1 Å². The Kier molecular flexibility index (Phi) is 5.21. The largest absolute Gasteiger partial charge is 0.352 e. The van der Waals surface area contributed by atoms with Crippen molar-refractivity contribution in [2.24, 2.45) is 11.8 Å². The van der Waals surface area contributed by atoms with Crippen molar-refractivity contribution in [3.8, 4) is 0 Å². The number of hydrogen-bond acceptors (Lipinski definition) is 3. The van der Waals surface area contributed by atoms with Crippen molar-refractivity contribution in [3.05, 3.63) is 35.4 Å². The van der Waals surface area contributed by atoms with E-state index in [-0.39, 0.29) is 18.5 Å². The van der Waals surface area contributed by atoms with Crippen LogP contribution < -0.4 is 5.32 Å². The normalized spacial score (nSPS) is 30.5. The summed E-state index contributed by atoms with van der Waals surface area (Å²) in [7, 11) is -3.46. The zero-order chi connectivity index (χ0) is 18.2. The van der Waals surface area contributed by atoms with Crippen LogP contribution in [0, 0.1) is 11.8 Å². The summed E-state index contributed by atoms with van der Waals surface area (Å²) < 4.78 is 25.9. The van der Waals surface area contributed by atoms with Crippen LogP contribution in [0.25, 0.3) is 0 Å². The fourth-order valence-electron chi connectivity index (χ4n) is 4.14. The van der Waals surface area contributed by atoms with Gasteiger partial charge >= 0.3 is 0 Å². The summed E-state index contributed by atoms with van der Waals surface area (Å²) in [6.07, 6.45) is 4.90. The summed E-state index contributed by atoms with van der Waals surface area (Å²) in [4.78, 5) is 13.0. The van der Waals surface area contributed by atoms with E-state index in [1.807, 2.05) is 24.3 Å². The van der Waals surface area contributed by atoms with Crippen LogP contribution in [-0.4, -0.2) is 37.0 Å². The Labute approximate surface area is 150 Å². The Balaban J connectivity index is 1.82. The number of rotatable bonds is 3. The molecule has 25 heavy (non-hydrogen) atoms. The maximum absolute atomic E-state index is 13.0. The van der Waals surface area contributed by atoms with Crippen LogP contribution in [0.2, 0.25) is 0 Å². The van der Waals surface area contributed by atoms with Gasteiger partial charge in [0.15, 0.2) is 0 Å². The van der Waals surface area contributed by atoms with E-state index in [9.17, 15) is 13.2 Å². The minimum Gasteiger partial charge on any atom is -0.352 e. The molecule has 1 saturated carbocycles. The van der Waals surface area contributed by atoms with Crippen LogP contribution >= 0.6 is 0 Å². The summed E-state index contributed by atoms with van der Waals surface area (Å²) in [5.74, 6) is 0.836. The van der Waals surface area contributed by atoms with Crippen LogP contribution in [0.1, 0.15) is 44.2 Å². The minimum atomic E-state index is -3.46. The molecule has 0 spiro atoms. The van der Waals surface area contributed by atoms with E-state index in [0.717, 1.165) is 24.0 Å². The topological polar surface area (TPSA) is 66.5 Å². The highest BCUT2D eigenvalue weighted by molar-refractivity contribution is 7.88. The lowest BCUT2D eigenvalue weighted by molar-refractivity contribution is -0.126. The van der Waals surface area contributed by atoms with E-state index in [0.29, 0.717) is 18.3 Å². The molecule has 0 aromatic heterocycles. The molecule has 0 saturated heterocycles. The predicted octanol–water partition coefficient (Wildman–Crippen LogP) is 2.31. The third-order valence-corrected chi connectivity index (χ3v) is 7.20. The fraction of sp³-hybridized carbons (Fsp3) is 0.632. The maximum Gasteiger partial charge on any atom is 0.239 e. The summed E-state index contributed by atoms with van der Waals surface area (Å²) in [5, 5.41) is 3.16. The highest BCUT2D eigenvalue weighted by Crippen LogP contribution is 2.30. The zero-order valence-corrected chi connectivity index (χ0v) is 16.1. The van der Waals surface area contributed by atoms with Crippen molar-refractivity contribution >= 4 is 15.9 Å². The number of carbonyl (C=O) groups excluding carboxylic acids is 1. The van der Waals surface area contributed by atoms with Gasteiger partial charge < -0.3 is 5.32 Å². The lowest BCUT2D eigenvalue weighted by atomic mass is 9.78. The number of carbonyl (C=O) groups is 1. The number of nitrogens with one attached hydrogen (secondary N) is 1. The molecule has 3 rings (SSSR count). The lowest BCUT2D eigenvalue weighted by Gasteiger charge is -2.38. The second kappa shape index (κ2) is 7.08. The molecule has 1 aromatic rings. The molecule has 1 heterocycles. The van der Waals surface area contributed by atoms with Crippen molar-refractivity contribution in [2.45, 2.75) is 58.2 Å². The fourth-order valence-corrected chi connectivity index (χ4v) is 5.14. The molecule has 0 radical (unpaired) electrons. The van der Waals surface area contributed by atoms with Crippen LogP contribution in [0.3, 0.4) is 0 Å². The molecule has 4 atom stereocenters. The van der Waals surface area contributed by atoms with Gasteiger partial charge in [-0.2, -0.15) is 4.31 Å². The Hall–Kier alpha value is -1.40. The van der Waals surface area contributed by atoms with Gasteiger partial charge in [0, 0.05) is 12.6 Å². The Bertz CT molecular complexity index is 747. The van der Waals surface area contributed by atoms with E-state index in [1.54, 1.807) is 0 Å². The number of fused-ring (bicyclic) bond motifs is 1. The van der Waals surface area contributed by atoms with Crippen molar-refractivity contribution in [1.82, 2.24) is 9.62 Å². The van der Waals surface area contributed by atoms with E-state index >= 15 is 0 Å². The first-order valence-electron chi connectivity index (χ1n) is 9.11. The predicted molar refractivity (Wildman–Crippen MR) is 98.4 cm³/mol. The van der Waals surface area contributed by atoms with E-state index in [2.05, 4.69) is 19.2 Å². The van der Waals surface area contributed by atoms with Crippen molar-refractivity contribution in [3.63, 3.8) is 0 Å². The molecule has 1 aromatic carbocycles. The number of hydrogen-bond donors (Lipinski definition) is 1. The molecule has 1 aliphatic heterocycles. The monoisotopic (exact) mass is 364 g/mol. The highest BCUT2D eigenvalue weighted by atomic mass is 32.2.